The van der Waals surface area contributed by atoms with Crippen molar-refractivity contribution in [3.8, 4) is 0 Å². The molecule has 1 aromatic carbocycles. The van der Waals surface area contributed by atoms with E-state index in [0.717, 1.165) is 31.0 Å². The largest absolute Gasteiger partial charge is 0.327 e. The van der Waals surface area contributed by atoms with Crippen LogP contribution in [0.15, 0.2) is 30.5 Å². The van der Waals surface area contributed by atoms with Gasteiger partial charge in [-0.3, -0.25) is 4.68 Å². The first kappa shape index (κ1) is 13.8. The van der Waals surface area contributed by atoms with Crippen LogP contribution in [0, 0.1) is 13.8 Å². The summed E-state index contributed by atoms with van der Waals surface area (Å²) >= 11 is 0. The second-order valence-corrected chi connectivity index (χ2v) is 5.35. The van der Waals surface area contributed by atoms with Gasteiger partial charge in [0.1, 0.15) is 5.82 Å². The van der Waals surface area contributed by atoms with Crippen molar-refractivity contribution in [1.82, 2.24) is 24.6 Å². The average Bonchev–Trinajstić information content (AvgIpc) is 2.97. The van der Waals surface area contributed by atoms with E-state index in [1.807, 2.05) is 24.0 Å². The van der Waals surface area contributed by atoms with Crippen molar-refractivity contribution < 1.29 is 0 Å². The summed E-state index contributed by atoms with van der Waals surface area (Å²) in [5.41, 5.74) is 4.74. The lowest BCUT2D eigenvalue weighted by Gasteiger charge is -2.08. The zero-order valence-corrected chi connectivity index (χ0v) is 12.8. The number of imidazole rings is 1. The number of hydrogen-bond donors (Lipinski definition) is 1. The highest BCUT2D eigenvalue weighted by Gasteiger charge is 2.06. The van der Waals surface area contributed by atoms with Crippen molar-refractivity contribution in [2.45, 2.75) is 26.9 Å². The van der Waals surface area contributed by atoms with Gasteiger partial charge in [0.2, 0.25) is 0 Å². The SMILES string of the molecule is Cc1c(CNCCn2c(C)nc3ccccc32)cnn1C. The van der Waals surface area contributed by atoms with E-state index in [2.05, 4.69) is 52.0 Å². The number of para-hydroxylation sites is 2. The minimum absolute atomic E-state index is 0.853. The molecule has 3 rings (SSSR count). The lowest BCUT2D eigenvalue weighted by molar-refractivity contribution is 0.596. The van der Waals surface area contributed by atoms with Gasteiger partial charge < -0.3 is 9.88 Å². The first-order chi connectivity index (χ1) is 10.2. The molecule has 0 bridgehead atoms. The molecule has 0 aliphatic heterocycles. The summed E-state index contributed by atoms with van der Waals surface area (Å²) in [7, 11) is 1.97. The standard InChI is InChI=1S/C16H21N5/c1-12-14(11-18-20(12)3)10-17-8-9-21-13(2)19-15-6-4-5-7-16(15)21/h4-7,11,17H,8-10H2,1-3H3. The molecule has 1 N–H and O–H groups in total. The molecular weight excluding hydrogens is 262 g/mol. The van der Waals surface area contributed by atoms with Crippen LogP contribution in [0.5, 0.6) is 0 Å². The van der Waals surface area contributed by atoms with E-state index in [9.17, 15) is 0 Å². The second-order valence-electron chi connectivity index (χ2n) is 5.35. The van der Waals surface area contributed by atoms with Crippen LogP contribution in [0.25, 0.3) is 11.0 Å². The third-order valence-corrected chi connectivity index (χ3v) is 4.01. The van der Waals surface area contributed by atoms with Gasteiger partial charge in [-0.2, -0.15) is 5.10 Å². The minimum Gasteiger partial charge on any atom is -0.327 e. The molecule has 2 aromatic heterocycles. The fraction of sp³-hybridized carbons (Fsp3) is 0.375. The normalized spacial score (nSPS) is 11.4. The topological polar surface area (TPSA) is 47.7 Å². The number of nitrogens with zero attached hydrogens (tertiary/aromatic N) is 4. The number of fused-ring (bicyclic) bond motifs is 1. The Morgan fingerprint density at radius 2 is 2.00 bits per heavy atom. The van der Waals surface area contributed by atoms with Gasteiger partial charge in [-0.1, -0.05) is 12.1 Å². The molecule has 110 valence electrons. The van der Waals surface area contributed by atoms with Crippen molar-refractivity contribution in [1.29, 1.82) is 0 Å². The maximum atomic E-state index is 4.59. The Balaban J connectivity index is 1.62. The third-order valence-electron chi connectivity index (χ3n) is 4.01. The van der Waals surface area contributed by atoms with Crippen LogP contribution in [0.3, 0.4) is 0 Å². The molecule has 2 heterocycles. The Hall–Kier alpha value is -2.14. The molecule has 0 atom stereocenters. The molecule has 3 aromatic rings. The summed E-state index contributed by atoms with van der Waals surface area (Å²) in [6.07, 6.45) is 1.93. The van der Waals surface area contributed by atoms with E-state index in [1.165, 1.54) is 16.8 Å². The van der Waals surface area contributed by atoms with Gasteiger partial charge in [0.15, 0.2) is 0 Å². The number of aromatic nitrogens is 4. The van der Waals surface area contributed by atoms with E-state index in [-0.39, 0.29) is 0 Å². The number of hydrogen-bond acceptors (Lipinski definition) is 3. The molecule has 21 heavy (non-hydrogen) atoms. The summed E-state index contributed by atoms with van der Waals surface area (Å²) in [6.45, 7) is 6.84. The predicted molar refractivity (Wildman–Crippen MR) is 84.1 cm³/mol. The first-order valence-corrected chi connectivity index (χ1v) is 7.27. The van der Waals surface area contributed by atoms with Gasteiger partial charge in [0.25, 0.3) is 0 Å². The smallest absolute Gasteiger partial charge is 0.106 e. The lowest BCUT2D eigenvalue weighted by atomic mass is 10.2. The van der Waals surface area contributed by atoms with E-state index in [1.54, 1.807) is 0 Å². The molecule has 0 fully saturated rings. The van der Waals surface area contributed by atoms with Crippen LogP contribution in [0.1, 0.15) is 17.1 Å². The number of nitrogens with one attached hydrogen (secondary N) is 1. The van der Waals surface area contributed by atoms with Gasteiger partial charge in [0.05, 0.1) is 17.2 Å². The van der Waals surface area contributed by atoms with Crippen molar-refractivity contribution in [2.24, 2.45) is 7.05 Å². The van der Waals surface area contributed by atoms with E-state index >= 15 is 0 Å². The van der Waals surface area contributed by atoms with Crippen molar-refractivity contribution in [3.63, 3.8) is 0 Å². The van der Waals surface area contributed by atoms with Crippen LogP contribution in [0.2, 0.25) is 0 Å². The number of rotatable bonds is 5. The molecule has 5 nitrogen and oxygen atoms in total. The summed E-state index contributed by atoms with van der Waals surface area (Å²) < 4.78 is 4.17. The molecule has 5 heteroatoms. The molecule has 0 spiro atoms. The van der Waals surface area contributed by atoms with Gasteiger partial charge in [0, 0.05) is 37.9 Å². The fourth-order valence-corrected chi connectivity index (χ4v) is 2.61. The number of benzene rings is 1. The highest BCUT2D eigenvalue weighted by molar-refractivity contribution is 5.75. The molecule has 0 radical (unpaired) electrons. The second kappa shape index (κ2) is 5.69. The minimum atomic E-state index is 0.853. The van der Waals surface area contributed by atoms with Gasteiger partial charge in [-0.15, -0.1) is 0 Å². The maximum Gasteiger partial charge on any atom is 0.106 e. The Morgan fingerprint density at radius 3 is 2.76 bits per heavy atom. The summed E-state index contributed by atoms with van der Waals surface area (Å²) in [5, 5.41) is 7.75. The third kappa shape index (κ3) is 2.69. The molecule has 0 amide bonds. The molecule has 0 unspecified atom stereocenters. The fourth-order valence-electron chi connectivity index (χ4n) is 2.61. The molecule has 0 aliphatic carbocycles. The van der Waals surface area contributed by atoms with Crippen LogP contribution in [-0.4, -0.2) is 25.9 Å². The predicted octanol–water partition coefficient (Wildman–Crippen LogP) is 2.18. The highest BCUT2D eigenvalue weighted by Crippen LogP contribution is 2.14. The lowest BCUT2D eigenvalue weighted by Crippen LogP contribution is -2.20. The number of aryl methyl sites for hydroxylation is 2. The maximum absolute atomic E-state index is 4.59. The molecular formula is C16H21N5. The summed E-state index contributed by atoms with van der Waals surface area (Å²) in [6, 6.07) is 8.28. The summed E-state index contributed by atoms with van der Waals surface area (Å²) in [4.78, 5) is 4.59. The zero-order valence-electron chi connectivity index (χ0n) is 12.8. The Bertz CT molecular complexity index is 753. The first-order valence-electron chi connectivity index (χ1n) is 7.27. The Kier molecular flexibility index (Phi) is 3.75. The van der Waals surface area contributed by atoms with Gasteiger partial charge in [-0.25, -0.2) is 4.98 Å². The van der Waals surface area contributed by atoms with Crippen LogP contribution in [0.4, 0.5) is 0 Å². The van der Waals surface area contributed by atoms with Crippen molar-refractivity contribution in [2.75, 3.05) is 6.54 Å². The molecule has 0 saturated heterocycles. The van der Waals surface area contributed by atoms with E-state index in [0.29, 0.717) is 0 Å². The van der Waals surface area contributed by atoms with Crippen molar-refractivity contribution in [3.05, 3.63) is 47.5 Å². The van der Waals surface area contributed by atoms with Crippen LogP contribution < -0.4 is 5.32 Å². The zero-order chi connectivity index (χ0) is 14.8. The van der Waals surface area contributed by atoms with Gasteiger partial charge in [-0.05, 0) is 26.0 Å². The van der Waals surface area contributed by atoms with E-state index < -0.39 is 0 Å². The molecule has 0 aliphatic rings. The van der Waals surface area contributed by atoms with Crippen LogP contribution >= 0.6 is 0 Å². The average molecular weight is 283 g/mol. The monoisotopic (exact) mass is 283 g/mol. The molecule has 0 saturated carbocycles. The Labute approximate surface area is 124 Å². The van der Waals surface area contributed by atoms with E-state index in [4.69, 9.17) is 0 Å². The quantitative estimate of drug-likeness (QED) is 0.730. The highest BCUT2D eigenvalue weighted by atomic mass is 15.3. The van der Waals surface area contributed by atoms with Gasteiger partial charge >= 0.3 is 0 Å². The summed E-state index contributed by atoms with van der Waals surface area (Å²) in [5.74, 6) is 1.07. The Morgan fingerprint density at radius 1 is 1.19 bits per heavy atom. The van der Waals surface area contributed by atoms with Crippen LogP contribution in [-0.2, 0) is 20.1 Å². The van der Waals surface area contributed by atoms with Crippen molar-refractivity contribution >= 4 is 11.0 Å².